The number of nitrogens with one attached hydrogen (secondary N) is 2. The molecule has 1 spiro atoms. The minimum Gasteiger partial charge on any atom is -0.396 e. The van der Waals surface area contributed by atoms with E-state index in [1.165, 1.54) is 4.90 Å². The summed E-state index contributed by atoms with van der Waals surface area (Å²) in [5.74, 6) is -2.35. The van der Waals surface area contributed by atoms with Gasteiger partial charge in [-0.1, -0.05) is 58.4 Å². The molecule has 196 valence electrons. The molecule has 37 heavy (non-hydrogen) atoms. The van der Waals surface area contributed by atoms with Gasteiger partial charge in [-0.3, -0.25) is 14.4 Å². The molecule has 0 aromatic heterocycles. The van der Waals surface area contributed by atoms with Gasteiger partial charge >= 0.3 is 0 Å². The predicted molar refractivity (Wildman–Crippen MR) is 142 cm³/mol. The standard InChI is InChI=1S/C28H32BrN3O5/c1-16-9-10-17(2)20(13-16)31-26(35)24-28-14-19(29)23(37-28)21(22(28)27(36)32(24)11-6-12-33)25(34)30-15-18-7-4-3-5-8-18/h3-5,7-10,13,19,21-24,33H,6,11-12,14-15H2,1-2H3,(H,30,34)(H,31,35)/t19?,21-,22+,23-,24?,28?/m1/s1. The first-order valence-corrected chi connectivity index (χ1v) is 13.6. The zero-order valence-corrected chi connectivity index (χ0v) is 22.5. The monoisotopic (exact) mass is 569 g/mol. The lowest BCUT2D eigenvalue weighted by atomic mass is 9.70. The third-order valence-electron chi connectivity index (χ3n) is 7.86. The highest BCUT2D eigenvalue weighted by atomic mass is 79.9. The summed E-state index contributed by atoms with van der Waals surface area (Å²) in [6.07, 6.45) is 0.256. The number of hydrogen-bond donors (Lipinski definition) is 3. The largest absolute Gasteiger partial charge is 0.396 e. The lowest BCUT2D eigenvalue weighted by molar-refractivity contribution is -0.141. The van der Waals surface area contributed by atoms with Gasteiger partial charge in [-0.15, -0.1) is 0 Å². The maximum atomic E-state index is 13.9. The second-order valence-electron chi connectivity index (χ2n) is 10.3. The summed E-state index contributed by atoms with van der Waals surface area (Å²) in [5.41, 5.74) is 2.43. The number of nitrogens with zero attached hydrogens (tertiary/aromatic N) is 1. The topological polar surface area (TPSA) is 108 Å². The molecule has 3 amide bonds. The average Bonchev–Trinajstić information content (AvgIpc) is 3.47. The molecule has 0 saturated carbocycles. The number of amides is 3. The summed E-state index contributed by atoms with van der Waals surface area (Å²) >= 11 is 3.68. The predicted octanol–water partition coefficient (Wildman–Crippen LogP) is 2.69. The lowest BCUT2D eigenvalue weighted by Crippen LogP contribution is -2.54. The molecule has 6 atom stereocenters. The smallest absolute Gasteiger partial charge is 0.250 e. The van der Waals surface area contributed by atoms with Crippen LogP contribution < -0.4 is 10.6 Å². The van der Waals surface area contributed by atoms with Crippen LogP contribution in [0.5, 0.6) is 0 Å². The lowest BCUT2D eigenvalue weighted by Gasteiger charge is -2.34. The second-order valence-corrected chi connectivity index (χ2v) is 11.5. The third kappa shape index (κ3) is 4.47. The number of carbonyl (C=O) groups excluding carboxylic acids is 3. The Bertz CT molecular complexity index is 1210. The fraction of sp³-hybridized carbons (Fsp3) is 0.464. The van der Waals surface area contributed by atoms with Gasteiger partial charge in [0.15, 0.2) is 0 Å². The molecule has 3 unspecified atom stereocenters. The van der Waals surface area contributed by atoms with Crippen LogP contribution in [0.2, 0.25) is 0 Å². The maximum Gasteiger partial charge on any atom is 0.250 e. The Morgan fingerprint density at radius 3 is 2.65 bits per heavy atom. The van der Waals surface area contributed by atoms with Gasteiger partial charge in [-0.05, 0) is 49.4 Å². The van der Waals surface area contributed by atoms with Gasteiger partial charge in [-0.25, -0.2) is 0 Å². The van der Waals surface area contributed by atoms with Crippen molar-refractivity contribution in [2.75, 3.05) is 18.5 Å². The summed E-state index contributed by atoms with van der Waals surface area (Å²) in [4.78, 5) is 42.5. The number of ether oxygens (including phenoxy) is 1. The quantitative estimate of drug-likeness (QED) is 0.424. The van der Waals surface area contributed by atoms with Crippen LogP contribution in [0, 0.1) is 25.7 Å². The van der Waals surface area contributed by atoms with Gasteiger partial charge in [0.2, 0.25) is 17.7 Å². The molecule has 0 radical (unpaired) electrons. The van der Waals surface area contributed by atoms with E-state index in [4.69, 9.17) is 4.74 Å². The molecule has 0 aliphatic carbocycles. The van der Waals surface area contributed by atoms with E-state index in [1.54, 1.807) is 0 Å². The Labute approximate surface area is 224 Å². The van der Waals surface area contributed by atoms with E-state index in [-0.39, 0.29) is 35.7 Å². The molecule has 2 aromatic carbocycles. The number of aliphatic hydroxyl groups excluding tert-OH is 1. The van der Waals surface area contributed by atoms with Crippen LogP contribution in [0.25, 0.3) is 0 Å². The number of benzene rings is 2. The first-order valence-electron chi connectivity index (χ1n) is 12.7. The zero-order valence-electron chi connectivity index (χ0n) is 20.9. The van der Waals surface area contributed by atoms with Crippen molar-refractivity contribution in [2.45, 2.75) is 55.8 Å². The van der Waals surface area contributed by atoms with Crippen molar-refractivity contribution in [1.82, 2.24) is 10.2 Å². The number of rotatable bonds is 8. The van der Waals surface area contributed by atoms with E-state index in [0.29, 0.717) is 25.1 Å². The number of likely N-dealkylation sites (tertiary alicyclic amines) is 1. The van der Waals surface area contributed by atoms with Crippen molar-refractivity contribution in [1.29, 1.82) is 0 Å². The number of anilines is 1. The SMILES string of the molecule is Cc1ccc(C)c(NC(=O)C2N(CCCO)C(=O)[C@@H]3[C@@H](C(=O)NCc4ccccc4)[C@@H]4OC23CC4Br)c1. The van der Waals surface area contributed by atoms with Gasteiger partial charge in [0.1, 0.15) is 11.6 Å². The number of aliphatic hydroxyl groups is 1. The molecule has 3 saturated heterocycles. The summed E-state index contributed by atoms with van der Waals surface area (Å²) in [6, 6.07) is 14.5. The average molecular weight is 570 g/mol. The fourth-order valence-corrected chi connectivity index (χ4v) is 7.13. The van der Waals surface area contributed by atoms with Crippen molar-refractivity contribution in [3.63, 3.8) is 0 Å². The highest BCUT2D eigenvalue weighted by molar-refractivity contribution is 9.09. The van der Waals surface area contributed by atoms with Crippen LogP contribution in [0.1, 0.15) is 29.5 Å². The molecule has 3 aliphatic heterocycles. The number of halogens is 1. The molecular formula is C28H32BrN3O5. The van der Waals surface area contributed by atoms with E-state index in [1.807, 2.05) is 62.4 Å². The molecule has 3 N–H and O–H groups in total. The molecule has 8 nitrogen and oxygen atoms in total. The molecule has 9 heteroatoms. The normalized spacial score (nSPS) is 29.9. The number of alkyl halides is 1. The van der Waals surface area contributed by atoms with Crippen molar-refractivity contribution >= 4 is 39.3 Å². The molecule has 2 bridgehead atoms. The van der Waals surface area contributed by atoms with Gasteiger partial charge in [0, 0.05) is 30.2 Å². The Balaban J connectivity index is 1.45. The van der Waals surface area contributed by atoms with Crippen LogP contribution in [-0.2, 0) is 25.7 Å². The Kier molecular flexibility index (Phi) is 7.13. The van der Waals surface area contributed by atoms with Crippen LogP contribution in [0.4, 0.5) is 5.69 Å². The first kappa shape index (κ1) is 25.9. The summed E-state index contributed by atoms with van der Waals surface area (Å²) in [6.45, 7) is 4.30. The summed E-state index contributed by atoms with van der Waals surface area (Å²) in [5, 5.41) is 15.5. The zero-order chi connectivity index (χ0) is 26.3. The van der Waals surface area contributed by atoms with E-state index in [0.717, 1.165) is 16.7 Å². The fourth-order valence-electron chi connectivity index (χ4n) is 6.19. The molecular weight excluding hydrogens is 538 g/mol. The van der Waals surface area contributed by atoms with E-state index in [9.17, 15) is 19.5 Å². The Morgan fingerprint density at radius 2 is 1.92 bits per heavy atom. The van der Waals surface area contributed by atoms with Crippen LogP contribution >= 0.6 is 15.9 Å². The molecule has 3 heterocycles. The van der Waals surface area contributed by atoms with E-state index < -0.39 is 29.6 Å². The highest BCUT2D eigenvalue weighted by Crippen LogP contribution is 2.60. The van der Waals surface area contributed by atoms with Crippen molar-refractivity contribution in [3.8, 4) is 0 Å². The van der Waals surface area contributed by atoms with E-state index in [2.05, 4.69) is 26.6 Å². The minimum absolute atomic E-state index is 0.113. The molecule has 3 fully saturated rings. The van der Waals surface area contributed by atoms with Gasteiger partial charge < -0.3 is 25.4 Å². The van der Waals surface area contributed by atoms with Gasteiger partial charge in [0.05, 0.1) is 17.9 Å². The number of fused-ring (bicyclic) bond motifs is 1. The minimum atomic E-state index is -1.12. The Hall–Kier alpha value is -2.75. The van der Waals surface area contributed by atoms with Crippen LogP contribution in [0.15, 0.2) is 48.5 Å². The van der Waals surface area contributed by atoms with Gasteiger partial charge in [-0.2, -0.15) is 0 Å². The van der Waals surface area contributed by atoms with Crippen molar-refractivity contribution in [3.05, 3.63) is 65.2 Å². The highest BCUT2D eigenvalue weighted by Gasteiger charge is 2.76. The molecule has 2 aromatic rings. The third-order valence-corrected chi connectivity index (χ3v) is 8.70. The van der Waals surface area contributed by atoms with Crippen LogP contribution in [-0.4, -0.2) is 63.5 Å². The first-order chi connectivity index (χ1) is 17.8. The molecule has 3 aliphatic rings. The van der Waals surface area contributed by atoms with E-state index >= 15 is 0 Å². The number of aryl methyl sites for hydroxylation is 2. The van der Waals surface area contributed by atoms with Crippen molar-refractivity contribution < 1.29 is 24.2 Å². The van der Waals surface area contributed by atoms with Crippen molar-refractivity contribution in [2.24, 2.45) is 11.8 Å². The maximum absolute atomic E-state index is 13.9. The molecule has 5 rings (SSSR count). The summed E-state index contributed by atoms with van der Waals surface area (Å²) in [7, 11) is 0. The summed E-state index contributed by atoms with van der Waals surface area (Å²) < 4.78 is 6.49. The van der Waals surface area contributed by atoms with Crippen LogP contribution in [0.3, 0.4) is 0 Å². The number of hydrogen-bond acceptors (Lipinski definition) is 5. The second kappa shape index (κ2) is 10.2. The van der Waals surface area contributed by atoms with Gasteiger partial charge in [0.25, 0.3) is 0 Å². The Morgan fingerprint density at radius 1 is 1.16 bits per heavy atom. The number of carbonyl (C=O) groups is 3.